The first-order valence-corrected chi connectivity index (χ1v) is 16.9. The van der Waals surface area contributed by atoms with Crippen molar-refractivity contribution in [3.63, 3.8) is 0 Å². The molecule has 3 fully saturated rings. The van der Waals surface area contributed by atoms with Crippen molar-refractivity contribution in [1.29, 1.82) is 0 Å². The molecule has 4 atom stereocenters. The van der Waals surface area contributed by atoms with Crippen LogP contribution in [0.25, 0.3) is 0 Å². The summed E-state index contributed by atoms with van der Waals surface area (Å²) < 4.78 is 65.6. The van der Waals surface area contributed by atoms with Crippen LogP contribution in [-0.4, -0.2) is 43.2 Å². The largest absolute Gasteiger partial charge is 0.358 e. The van der Waals surface area contributed by atoms with E-state index in [0.717, 1.165) is 34.8 Å². The highest BCUT2D eigenvalue weighted by Crippen LogP contribution is 2.49. The number of para-hydroxylation sites is 1. The summed E-state index contributed by atoms with van der Waals surface area (Å²) in [4.78, 5) is 16.1. The number of hydrogen-bond acceptors (Lipinski definition) is 4. The van der Waals surface area contributed by atoms with E-state index < -0.39 is 56.9 Å². The minimum absolute atomic E-state index is 0.0945. The molecule has 3 aromatic rings. The summed E-state index contributed by atoms with van der Waals surface area (Å²) in [6, 6.07) is 16.1. The van der Waals surface area contributed by atoms with Gasteiger partial charge in [-0.3, -0.25) is 9.10 Å². The lowest BCUT2D eigenvalue weighted by molar-refractivity contribution is -0.179. The van der Waals surface area contributed by atoms with Gasteiger partial charge < -0.3 is 9.64 Å². The summed E-state index contributed by atoms with van der Waals surface area (Å²) >= 11 is 12.6. The minimum atomic E-state index is -4.13. The lowest BCUT2D eigenvalue weighted by Gasteiger charge is -2.49. The molecule has 2 saturated carbocycles. The quantitative estimate of drug-likeness (QED) is 0.198. The van der Waals surface area contributed by atoms with E-state index >= 15 is 8.78 Å². The molecule has 1 heterocycles. The van der Waals surface area contributed by atoms with Crippen molar-refractivity contribution in [3.05, 3.63) is 112 Å². The SMILES string of the molecule is C=CC[C@H]1O[C@H](c2cccc(Cl)c2)[C@@H](c2ccc(Cl)cc2)N([C@H](CN(c2c(F)cccc2F)S(=O)(=O)C2CC2)C2CC2)C1=O. The summed E-state index contributed by atoms with van der Waals surface area (Å²) in [6.45, 7) is 3.51. The molecule has 0 bridgehead atoms. The number of anilines is 1. The summed E-state index contributed by atoms with van der Waals surface area (Å²) in [6.07, 6.45) is 2.47. The molecule has 11 heteroatoms. The highest BCUT2D eigenvalue weighted by atomic mass is 35.5. The van der Waals surface area contributed by atoms with Gasteiger partial charge in [-0.05, 0) is 79.1 Å². The maximum absolute atomic E-state index is 15.3. The minimum Gasteiger partial charge on any atom is -0.358 e. The molecule has 0 N–H and O–H groups in total. The van der Waals surface area contributed by atoms with Gasteiger partial charge in [-0.25, -0.2) is 17.2 Å². The van der Waals surface area contributed by atoms with E-state index in [1.165, 1.54) is 6.07 Å². The van der Waals surface area contributed by atoms with E-state index in [-0.39, 0.29) is 24.8 Å². The molecule has 1 saturated heterocycles. The lowest BCUT2D eigenvalue weighted by atomic mass is 9.89. The highest BCUT2D eigenvalue weighted by molar-refractivity contribution is 7.93. The summed E-state index contributed by atoms with van der Waals surface area (Å²) in [5, 5.41) is 0.254. The van der Waals surface area contributed by atoms with Gasteiger partial charge in [0.25, 0.3) is 5.91 Å². The molecule has 0 radical (unpaired) electrons. The second-order valence-electron chi connectivity index (χ2n) is 11.6. The second-order valence-corrected chi connectivity index (χ2v) is 14.6. The summed E-state index contributed by atoms with van der Waals surface area (Å²) in [5.41, 5.74) is 0.813. The zero-order valence-corrected chi connectivity index (χ0v) is 26.1. The predicted molar refractivity (Wildman–Crippen MR) is 167 cm³/mol. The fraction of sp³-hybridized carbons (Fsp3) is 0.364. The molecule has 2 aliphatic carbocycles. The first-order valence-electron chi connectivity index (χ1n) is 14.6. The molecule has 3 aliphatic rings. The lowest BCUT2D eigenvalue weighted by Crippen LogP contribution is -2.58. The van der Waals surface area contributed by atoms with Crippen LogP contribution in [-0.2, 0) is 19.6 Å². The van der Waals surface area contributed by atoms with E-state index in [9.17, 15) is 13.2 Å². The first kappa shape index (κ1) is 31.0. The Balaban J connectivity index is 1.51. The molecule has 1 aliphatic heterocycles. The van der Waals surface area contributed by atoms with Crippen LogP contribution >= 0.6 is 23.2 Å². The Labute approximate surface area is 266 Å². The molecule has 3 aromatic carbocycles. The average Bonchev–Trinajstić information content (AvgIpc) is 3.90. The van der Waals surface area contributed by atoms with Crippen LogP contribution in [0.5, 0.6) is 0 Å². The van der Waals surface area contributed by atoms with Gasteiger partial charge in [0, 0.05) is 16.5 Å². The van der Waals surface area contributed by atoms with Gasteiger partial charge in [-0.1, -0.05) is 59.6 Å². The van der Waals surface area contributed by atoms with Gasteiger partial charge in [0.15, 0.2) is 11.6 Å². The molecule has 6 nitrogen and oxygen atoms in total. The second kappa shape index (κ2) is 12.4. The van der Waals surface area contributed by atoms with Gasteiger partial charge in [0.2, 0.25) is 10.0 Å². The van der Waals surface area contributed by atoms with Crippen molar-refractivity contribution in [1.82, 2.24) is 4.90 Å². The van der Waals surface area contributed by atoms with Crippen molar-refractivity contribution in [3.8, 4) is 0 Å². The van der Waals surface area contributed by atoms with Crippen molar-refractivity contribution in [2.24, 2.45) is 5.92 Å². The van der Waals surface area contributed by atoms with Crippen molar-refractivity contribution in [2.75, 3.05) is 10.8 Å². The van der Waals surface area contributed by atoms with Gasteiger partial charge in [0.05, 0.1) is 23.9 Å². The number of carbonyl (C=O) groups is 1. The number of halogens is 4. The third kappa shape index (κ3) is 6.12. The maximum Gasteiger partial charge on any atom is 0.252 e. The monoisotopic (exact) mass is 660 g/mol. The zero-order chi connectivity index (χ0) is 31.2. The number of nitrogens with zero attached hydrogens (tertiary/aromatic N) is 2. The smallest absolute Gasteiger partial charge is 0.252 e. The van der Waals surface area contributed by atoms with Crippen molar-refractivity contribution in [2.45, 2.75) is 61.6 Å². The van der Waals surface area contributed by atoms with Crippen LogP contribution in [0.3, 0.4) is 0 Å². The molecule has 0 spiro atoms. The molecule has 44 heavy (non-hydrogen) atoms. The molecular formula is C33H32Cl2F2N2O4S. The Kier molecular flexibility index (Phi) is 8.76. The molecule has 0 aromatic heterocycles. The number of amides is 1. The van der Waals surface area contributed by atoms with E-state index in [2.05, 4.69) is 6.58 Å². The standard InChI is InChI=1S/C33H32Cl2F2N2O4S/c1-2-5-29-33(40)39(30(21-12-14-23(34)15-13-21)32(43-29)22-6-3-7-24(35)18-22)28(20-10-11-20)19-38(44(41,42)25-16-17-25)31-26(36)8-4-9-27(31)37/h2-4,6-9,12-15,18,20,25,28-30,32H,1,5,10-11,16-17,19H2/t28-,29-,30-,32-/m1/s1. The van der Waals surface area contributed by atoms with Crippen LogP contribution < -0.4 is 4.31 Å². The van der Waals surface area contributed by atoms with E-state index in [1.54, 1.807) is 53.4 Å². The van der Waals surface area contributed by atoms with E-state index in [0.29, 0.717) is 28.5 Å². The number of carbonyl (C=O) groups excluding carboxylic acids is 1. The van der Waals surface area contributed by atoms with Crippen LogP contribution in [0.15, 0.2) is 79.4 Å². The van der Waals surface area contributed by atoms with E-state index in [1.807, 2.05) is 6.07 Å². The Bertz CT molecular complexity index is 1640. The number of ether oxygens (including phenoxy) is 1. The van der Waals surface area contributed by atoms with Gasteiger partial charge >= 0.3 is 0 Å². The summed E-state index contributed by atoms with van der Waals surface area (Å²) in [5.74, 6) is -2.40. The Morgan fingerprint density at radius 3 is 2.20 bits per heavy atom. The maximum atomic E-state index is 15.3. The van der Waals surface area contributed by atoms with Crippen LogP contribution in [0.2, 0.25) is 10.0 Å². The van der Waals surface area contributed by atoms with Gasteiger partial charge in [-0.2, -0.15) is 0 Å². The van der Waals surface area contributed by atoms with Crippen LogP contribution in [0.1, 0.15) is 55.4 Å². The molecular weight excluding hydrogens is 629 g/mol. The fourth-order valence-electron chi connectivity index (χ4n) is 6.09. The Hall–Kier alpha value is -2.98. The Morgan fingerprint density at radius 2 is 1.61 bits per heavy atom. The summed E-state index contributed by atoms with van der Waals surface area (Å²) in [7, 11) is -4.13. The number of rotatable bonds is 11. The molecule has 6 rings (SSSR count). The molecule has 232 valence electrons. The number of sulfonamides is 1. The van der Waals surface area contributed by atoms with Gasteiger partial charge in [0.1, 0.15) is 17.9 Å². The number of morpholine rings is 1. The van der Waals surface area contributed by atoms with Crippen LogP contribution in [0, 0.1) is 17.6 Å². The van der Waals surface area contributed by atoms with Crippen molar-refractivity contribution < 1.29 is 26.7 Å². The Morgan fingerprint density at radius 1 is 0.955 bits per heavy atom. The third-order valence-corrected chi connectivity index (χ3v) is 11.3. The highest BCUT2D eigenvalue weighted by Gasteiger charge is 2.52. The van der Waals surface area contributed by atoms with Gasteiger partial charge in [-0.15, -0.1) is 6.58 Å². The van der Waals surface area contributed by atoms with E-state index in [4.69, 9.17) is 27.9 Å². The number of benzene rings is 3. The number of hydrogen-bond donors (Lipinski definition) is 0. The molecule has 0 unspecified atom stereocenters. The predicted octanol–water partition coefficient (Wildman–Crippen LogP) is 7.63. The van der Waals surface area contributed by atoms with Crippen molar-refractivity contribution >= 4 is 44.8 Å². The normalized spacial score (nSPS) is 23.0. The van der Waals surface area contributed by atoms with Crippen LogP contribution in [0.4, 0.5) is 14.5 Å². The fourth-order valence-corrected chi connectivity index (χ4v) is 8.29. The third-order valence-electron chi connectivity index (χ3n) is 8.51. The zero-order valence-electron chi connectivity index (χ0n) is 23.8. The topological polar surface area (TPSA) is 66.9 Å². The first-order chi connectivity index (χ1) is 21.1. The average molecular weight is 662 g/mol. The molecule has 1 amide bonds.